The van der Waals surface area contributed by atoms with Gasteiger partial charge < -0.3 is 33.2 Å². The molecule has 0 radical (unpaired) electrons. The molecule has 13 heteroatoms. The summed E-state index contributed by atoms with van der Waals surface area (Å²) in [6, 6.07) is 0. The van der Waals surface area contributed by atoms with Gasteiger partial charge in [0, 0.05) is 0 Å². The molecule has 0 aromatic rings. The lowest BCUT2D eigenvalue weighted by atomic mass is 9.89. The number of unbranched alkanes of at least 4 members (excludes halogenated alkanes) is 6. The van der Waals surface area contributed by atoms with Crippen LogP contribution >= 0.6 is 0 Å². The van der Waals surface area contributed by atoms with Gasteiger partial charge in [0.2, 0.25) is 0 Å². The minimum Gasteiger partial charge on any atom is -0.465 e. The van der Waals surface area contributed by atoms with Crippen molar-refractivity contribution in [2.24, 2.45) is 46.3 Å². The van der Waals surface area contributed by atoms with Crippen molar-refractivity contribution in [3.8, 4) is 0 Å². The highest BCUT2D eigenvalue weighted by atomic mass is 16.6. The molecule has 0 aliphatic carbocycles. The second kappa shape index (κ2) is 41.2. The minimum absolute atomic E-state index is 0.252. The molecule has 71 heavy (non-hydrogen) atoms. The third kappa shape index (κ3) is 27.6. The smallest absolute Gasteiger partial charge is 0.308 e. The van der Waals surface area contributed by atoms with E-state index in [2.05, 4.69) is 41.5 Å². The molecule has 416 valence electrons. The standard InChI is InChI=1S/C58H106O13/c1-13-25-31-45(19-7)51(59)66-39-57(40-67-52(60)46(20-8)32-26-14-2,41-68-53(61)47(21-9)33-27-15-3)37-65-38-58(42-69-54(62)48(22-10)34-28-16-4,43-70-55(63)49(23-11)35-29-17-5)44-71-56(64)50(24-12)36-30-18-6/h45-50H,13-44H2,1-12H3. The average Bonchev–Trinajstić information content (AvgIpc) is 3.38. The zero-order valence-electron chi connectivity index (χ0n) is 47.4. The van der Waals surface area contributed by atoms with Crippen LogP contribution in [0.25, 0.3) is 0 Å². The van der Waals surface area contributed by atoms with E-state index >= 15 is 0 Å². The summed E-state index contributed by atoms with van der Waals surface area (Å²) in [6.45, 7) is 21.8. The van der Waals surface area contributed by atoms with Gasteiger partial charge in [-0.1, -0.05) is 160 Å². The minimum atomic E-state index is -1.39. The van der Waals surface area contributed by atoms with Crippen LogP contribution in [-0.2, 0) is 61.9 Å². The summed E-state index contributed by atoms with van der Waals surface area (Å²) in [6.07, 6.45) is 17.9. The summed E-state index contributed by atoms with van der Waals surface area (Å²) >= 11 is 0. The molecule has 6 unspecified atom stereocenters. The van der Waals surface area contributed by atoms with Gasteiger partial charge in [-0.25, -0.2) is 0 Å². The normalized spacial score (nSPS) is 15.7. The third-order valence-electron chi connectivity index (χ3n) is 14.3. The van der Waals surface area contributed by atoms with E-state index in [0.717, 1.165) is 77.0 Å². The molecule has 0 saturated carbocycles. The topological polar surface area (TPSA) is 167 Å². The number of carbonyl (C=O) groups is 6. The second-order valence-electron chi connectivity index (χ2n) is 20.6. The van der Waals surface area contributed by atoms with Crippen LogP contribution in [0.5, 0.6) is 0 Å². The number of hydrogen-bond acceptors (Lipinski definition) is 13. The first kappa shape index (κ1) is 67.8. The zero-order valence-corrected chi connectivity index (χ0v) is 47.4. The molecule has 0 N–H and O–H groups in total. The molecule has 0 fully saturated rings. The molecule has 0 aliphatic rings. The van der Waals surface area contributed by atoms with Crippen LogP contribution in [0.1, 0.15) is 237 Å². The monoisotopic (exact) mass is 1010 g/mol. The Kier molecular flexibility index (Phi) is 39.3. The number of carbonyl (C=O) groups excluding carboxylic acids is 6. The lowest BCUT2D eigenvalue weighted by Crippen LogP contribution is -2.48. The fraction of sp³-hybridized carbons (Fsp3) is 0.897. The van der Waals surface area contributed by atoms with Crippen molar-refractivity contribution in [3.63, 3.8) is 0 Å². The van der Waals surface area contributed by atoms with Crippen molar-refractivity contribution < 1.29 is 61.9 Å². The van der Waals surface area contributed by atoms with Crippen LogP contribution in [0.4, 0.5) is 0 Å². The molecule has 6 atom stereocenters. The molecule has 0 rings (SSSR count). The molecule has 0 aromatic carbocycles. The molecule has 0 spiro atoms. The van der Waals surface area contributed by atoms with E-state index in [1.165, 1.54) is 0 Å². The molecule has 0 bridgehead atoms. The Morgan fingerprint density at radius 3 is 0.549 bits per heavy atom. The van der Waals surface area contributed by atoms with Gasteiger partial charge in [0.25, 0.3) is 0 Å². The van der Waals surface area contributed by atoms with Gasteiger partial charge >= 0.3 is 35.8 Å². The van der Waals surface area contributed by atoms with Gasteiger partial charge in [-0.2, -0.15) is 0 Å². The van der Waals surface area contributed by atoms with E-state index in [1.807, 2.05) is 41.5 Å². The predicted molar refractivity (Wildman–Crippen MR) is 281 cm³/mol. The SMILES string of the molecule is CCCCC(CC)C(=O)OCC(COCC(COC(=O)C(CC)CCCC)(COC(=O)C(CC)CCCC)COC(=O)C(CC)CCCC)(COC(=O)C(CC)CCCC)COC(=O)C(CC)CCCC. The summed E-state index contributed by atoms with van der Waals surface area (Å²) < 4.78 is 43.6. The van der Waals surface area contributed by atoms with E-state index in [1.54, 1.807) is 0 Å². The Hall–Kier alpha value is -3.22. The van der Waals surface area contributed by atoms with Crippen LogP contribution in [0.2, 0.25) is 0 Å². The Labute approximate surface area is 432 Å². The fourth-order valence-electron chi connectivity index (χ4n) is 8.67. The van der Waals surface area contributed by atoms with Crippen LogP contribution in [0.3, 0.4) is 0 Å². The largest absolute Gasteiger partial charge is 0.465 e. The van der Waals surface area contributed by atoms with E-state index in [0.29, 0.717) is 77.0 Å². The number of hydrogen-bond donors (Lipinski definition) is 0. The summed E-state index contributed by atoms with van der Waals surface area (Å²) in [7, 11) is 0. The Morgan fingerprint density at radius 1 is 0.268 bits per heavy atom. The van der Waals surface area contributed by atoms with E-state index in [9.17, 15) is 28.8 Å². The molecule has 0 aliphatic heterocycles. The van der Waals surface area contributed by atoms with Gasteiger partial charge in [0.15, 0.2) is 0 Å². The molecule has 13 nitrogen and oxygen atoms in total. The summed E-state index contributed by atoms with van der Waals surface area (Å²) in [4.78, 5) is 83.0. The Bertz CT molecular complexity index is 1170. The molecule has 0 aromatic heterocycles. The Balaban J connectivity index is 7.76. The fourth-order valence-corrected chi connectivity index (χ4v) is 8.67. The molecular weight excluding hydrogens is 905 g/mol. The first-order valence-electron chi connectivity index (χ1n) is 28.7. The lowest BCUT2D eigenvalue weighted by molar-refractivity contribution is -0.180. The summed E-state index contributed by atoms with van der Waals surface area (Å²) in [5.41, 5.74) is -2.78. The van der Waals surface area contributed by atoms with Crippen molar-refractivity contribution in [2.75, 3.05) is 52.9 Å². The molecule has 0 amide bonds. The van der Waals surface area contributed by atoms with Gasteiger partial charge in [0.1, 0.15) is 39.6 Å². The van der Waals surface area contributed by atoms with Gasteiger partial charge in [-0.3, -0.25) is 28.8 Å². The van der Waals surface area contributed by atoms with Crippen LogP contribution in [0, 0.1) is 46.3 Å². The summed E-state index contributed by atoms with van der Waals surface area (Å²) in [5.74, 6) is -4.57. The van der Waals surface area contributed by atoms with Gasteiger partial charge in [-0.05, 0) is 77.0 Å². The van der Waals surface area contributed by atoms with Crippen molar-refractivity contribution in [2.45, 2.75) is 237 Å². The van der Waals surface area contributed by atoms with Gasteiger partial charge in [0.05, 0.1) is 59.6 Å². The maximum Gasteiger partial charge on any atom is 0.308 e. The highest BCUT2D eigenvalue weighted by molar-refractivity contribution is 5.75. The quantitative estimate of drug-likeness (QED) is 0.0418. The second-order valence-corrected chi connectivity index (χ2v) is 20.6. The van der Waals surface area contributed by atoms with Crippen molar-refractivity contribution in [3.05, 3.63) is 0 Å². The third-order valence-corrected chi connectivity index (χ3v) is 14.3. The van der Waals surface area contributed by atoms with Crippen LogP contribution in [0.15, 0.2) is 0 Å². The number of ether oxygens (including phenoxy) is 7. The average molecular weight is 1010 g/mol. The van der Waals surface area contributed by atoms with Crippen LogP contribution < -0.4 is 0 Å². The van der Waals surface area contributed by atoms with Crippen molar-refractivity contribution >= 4 is 35.8 Å². The van der Waals surface area contributed by atoms with Crippen LogP contribution in [-0.4, -0.2) is 88.7 Å². The predicted octanol–water partition coefficient (Wildman–Crippen LogP) is 13.5. The molecule has 0 saturated heterocycles. The zero-order chi connectivity index (χ0) is 53.5. The van der Waals surface area contributed by atoms with E-state index < -0.39 is 46.6 Å². The lowest BCUT2D eigenvalue weighted by Gasteiger charge is -2.36. The molecule has 0 heterocycles. The van der Waals surface area contributed by atoms with Gasteiger partial charge in [-0.15, -0.1) is 0 Å². The Morgan fingerprint density at radius 2 is 0.423 bits per heavy atom. The maximum absolute atomic E-state index is 13.8. The highest BCUT2D eigenvalue weighted by Gasteiger charge is 2.43. The van der Waals surface area contributed by atoms with Crippen molar-refractivity contribution in [1.82, 2.24) is 0 Å². The molecular formula is C58H106O13. The summed E-state index contributed by atoms with van der Waals surface area (Å²) in [5, 5.41) is 0. The first-order valence-corrected chi connectivity index (χ1v) is 28.7. The number of rotatable bonds is 46. The maximum atomic E-state index is 13.8. The highest BCUT2D eigenvalue weighted by Crippen LogP contribution is 2.30. The first-order chi connectivity index (χ1) is 34.1. The van der Waals surface area contributed by atoms with Crippen molar-refractivity contribution in [1.29, 1.82) is 0 Å². The van der Waals surface area contributed by atoms with E-state index in [4.69, 9.17) is 33.2 Å². The number of esters is 6. The van der Waals surface area contributed by atoms with E-state index in [-0.39, 0.29) is 88.4 Å².